The Morgan fingerprint density at radius 1 is 0.951 bits per heavy atom. The molecule has 0 aromatic rings. The number of nitrogens with zero attached hydrogens (tertiary/aromatic N) is 2. The molecule has 0 aliphatic carbocycles. The number of carbonyl (C=O) groups excluding carboxylic acids is 1. The van der Waals surface area contributed by atoms with Crippen molar-refractivity contribution < 1.29 is 73.1 Å². The number of oxime groups is 1. The van der Waals surface area contributed by atoms with E-state index in [1.165, 1.54) is 14.0 Å². The number of carbonyl (C=O) groups is 1. The van der Waals surface area contributed by atoms with Gasteiger partial charge in [0, 0.05) is 57.4 Å². The number of hydrogen-bond donors (Lipinski definition) is 5. The minimum atomic E-state index is -1.98. The topological polar surface area (TPSA) is 217 Å². The fraction of sp³-hybridized carbons (Fsp3) is 0.909. The van der Waals surface area contributed by atoms with E-state index in [1.807, 2.05) is 18.9 Å². The Bertz CT molecular complexity index is 1430. The van der Waals surface area contributed by atoms with Crippen LogP contribution in [0.5, 0.6) is 0 Å². The van der Waals surface area contributed by atoms with E-state index in [1.54, 1.807) is 62.5 Å². The molecule has 0 bridgehead atoms. The minimum Gasteiger partial charge on any atom is -0.459 e. The molecule has 3 heterocycles. The first-order chi connectivity index (χ1) is 28.5. The molecule has 3 aliphatic rings. The minimum absolute atomic E-state index is 0.0501. The zero-order valence-corrected chi connectivity index (χ0v) is 38.8. The lowest BCUT2D eigenvalue weighted by Gasteiger charge is -2.49. The summed E-state index contributed by atoms with van der Waals surface area (Å²) in [7, 11) is 4.90. The van der Waals surface area contributed by atoms with Crippen molar-refractivity contribution in [1.29, 1.82) is 0 Å². The van der Waals surface area contributed by atoms with E-state index in [4.69, 9.17) is 49.2 Å². The maximum Gasteiger partial charge on any atom is 0.311 e. The fourth-order valence-electron chi connectivity index (χ4n) is 9.26. The molecule has 0 radical (unpaired) electrons. The average molecular weight is 875 g/mol. The van der Waals surface area contributed by atoms with Crippen molar-refractivity contribution in [2.24, 2.45) is 28.8 Å². The van der Waals surface area contributed by atoms with Crippen LogP contribution in [-0.2, 0) is 47.5 Å². The summed E-state index contributed by atoms with van der Waals surface area (Å²) in [6.45, 7) is 17.7. The zero-order chi connectivity index (χ0) is 46.0. The second-order valence-electron chi connectivity index (χ2n) is 18.2. The van der Waals surface area contributed by atoms with Gasteiger partial charge in [0.15, 0.2) is 12.6 Å². The summed E-state index contributed by atoms with van der Waals surface area (Å²) in [5.74, 6) is -1.59. The predicted molar refractivity (Wildman–Crippen MR) is 225 cm³/mol. The second kappa shape index (κ2) is 23.3. The van der Waals surface area contributed by atoms with Gasteiger partial charge in [-0.25, -0.2) is 0 Å². The molecule has 18 atom stereocenters. The third-order valence-electron chi connectivity index (χ3n) is 13.1. The van der Waals surface area contributed by atoms with Crippen molar-refractivity contribution in [3.05, 3.63) is 0 Å². The monoisotopic (exact) mass is 875 g/mol. The molecule has 0 saturated carbocycles. The van der Waals surface area contributed by atoms with Gasteiger partial charge in [0.25, 0.3) is 0 Å². The molecule has 17 heteroatoms. The lowest BCUT2D eigenvalue weighted by molar-refractivity contribution is -0.318. The third kappa shape index (κ3) is 13.3. The summed E-state index contributed by atoms with van der Waals surface area (Å²) in [6.07, 6.45) is -3.84. The maximum absolute atomic E-state index is 14.4. The lowest BCUT2D eigenvalue weighted by atomic mass is 9.73. The third-order valence-corrected chi connectivity index (χ3v) is 13.1. The molecule has 3 aliphatic heterocycles. The highest BCUT2D eigenvalue weighted by Crippen LogP contribution is 2.41. The van der Waals surface area contributed by atoms with Gasteiger partial charge in [-0.05, 0) is 67.9 Å². The van der Waals surface area contributed by atoms with Gasteiger partial charge < -0.3 is 68.3 Å². The average Bonchev–Trinajstić information content (AvgIpc) is 3.20. The van der Waals surface area contributed by atoms with Crippen molar-refractivity contribution in [3.8, 4) is 12.3 Å². The molecule has 3 rings (SSSR count). The van der Waals surface area contributed by atoms with Gasteiger partial charge >= 0.3 is 5.97 Å². The first-order valence-corrected chi connectivity index (χ1v) is 21.8. The molecule has 17 nitrogen and oxygen atoms in total. The van der Waals surface area contributed by atoms with Crippen LogP contribution in [0.1, 0.15) is 101 Å². The molecule has 3 fully saturated rings. The number of likely N-dealkylation sites (N-methyl/N-ethyl adjacent to an activating group) is 1. The van der Waals surface area contributed by atoms with Crippen LogP contribution in [0.4, 0.5) is 0 Å². The smallest absolute Gasteiger partial charge is 0.311 e. The van der Waals surface area contributed by atoms with Crippen molar-refractivity contribution >= 4 is 11.7 Å². The van der Waals surface area contributed by atoms with E-state index in [2.05, 4.69) is 11.1 Å². The predicted octanol–water partition coefficient (Wildman–Crippen LogP) is 2.60. The van der Waals surface area contributed by atoms with Crippen LogP contribution in [0.25, 0.3) is 0 Å². The Morgan fingerprint density at radius 2 is 1.62 bits per heavy atom. The quantitative estimate of drug-likeness (QED) is 0.0526. The van der Waals surface area contributed by atoms with Crippen LogP contribution in [-0.4, -0.2) is 174 Å². The highest BCUT2D eigenvalue weighted by atomic mass is 16.7. The first-order valence-electron chi connectivity index (χ1n) is 21.8. The molecule has 0 spiro atoms. The SMILES string of the molecule is C#CCCN(C)[C@H]1C[C@@H](C)O[C@@H](O[C@@H]2[C@@H](C)C(O[C@H]3C[C@@](C)(OC)[C@@H](O)[C@H](C)O3)[C@@H](C)C(=O)O[C@H](CC)[C@@](C)(O)[C@H](O)[C@@H](C)/C(=N/OCOCCOC)[C@H](C)C[C@@]2(C)O)[C@@H]1O. The Kier molecular flexibility index (Phi) is 20.3. The highest BCUT2D eigenvalue weighted by molar-refractivity contribution is 5.88. The first kappa shape index (κ1) is 53.3. The summed E-state index contributed by atoms with van der Waals surface area (Å²) in [5, 5.41) is 64.0. The van der Waals surface area contributed by atoms with Crippen molar-refractivity contribution in [2.45, 2.75) is 186 Å². The van der Waals surface area contributed by atoms with Crippen LogP contribution in [0.3, 0.4) is 0 Å². The Morgan fingerprint density at radius 3 is 2.23 bits per heavy atom. The van der Waals surface area contributed by atoms with Gasteiger partial charge in [0.2, 0.25) is 6.79 Å². The van der Waals surface area contributed by atoms with Crippen molar-refractivity contribution in [2.75, 3.05) is 47.8 Å². The van der Waals surface area contributed by atoms with E-state index in [0.29, 0.717) is 26.0 Å². The molecule has 0 aromatic carbocycles. The number of aliphatic hydroxyl groups excluding tert-OH is 3. The summed E-state index contributed by atoms with van der Waals surface area (Å²) < 4.78 is 48.4. The van der Waals surface area contributed by atoms with E-state index in [0.717, 1.165) is 0 Å². The van der Waals surface area contributed by atoms with Gasteiger partial charge in [-0.15, -0.1) is 12.3 Å². The van der Waals surface area contributed by atoms with Crippen molar-refractivity contribution in [3.63, 3.8) is 0 Å². The number of aliphatic hydroxyl groups is 5. The van der Waals surface area contributed by atoms with Gasteiger partial charge in [0.05, 0.1) is 66.6 Å². The Labute approximate surface area is 363 Å². The molecule has 61 heavy (non-hydrogen) atoms. The number of ether oxygens (including phenoxy) is 8. The largest absolute Gasteiger partial charge is 0.459 e. The van der Waals surface area contributed by atoms with Crippen LogP contribution < -0.4 is 0 Å². The summed E-state index contributed by atoms with van der Waals surface area (Å²) in [4.78, 5) is 22.0. The molecule has 1 unspecified atom stereocenters. The van der Waals surface area contributed by atoms with E-state index < -0.39 is 108 Å². The molecular formula is C44H78N2O15. The van der Waals surface area contributed by atoms with E-state index >= 15 is 0 Å². The van der Waals surface area contributed by atoms with Crippen LogP contribution in [0.15, 0.2) is 5.16 Å². The van der Waals surface area contributed by atoms with Crippen LogP contribution in [0.2, 0.25) is 0 Å². The highest BCUT2D eigenvalue weighted by Gasteiger charge is 2.53. The van der Waals surface area contributed by atoms with Gasteiger partial charge in [0.1, 0.15) is 23.9 Å². The van der Waals surface area contributed by atoms with Crippen molar-refractivity contribution in [1.82, 2.24) is 4.90 Å². The Balaban J connectivity index is 2.23. The van der Waals surface area contributed by atoms with Crippen LogP contribution >= 0.6 is 0 Å². The number of terminal acetylenes is 1. The molecule has 0 amide bonds. The zero-order valence-electron chi connectivity index (χ0n) is 38.8. The Hall–Kier alpha value is -2.02. The number of hydrogen-bond acceptors (Lipinski definition) is 17. The number of rotatable bonds is 15. The normalized spacial score (nSPS) is 44.0. The fourth-order valence-corrected chi connectivity index (χ4v) is 9.26. The second-order valence-corrected chi connectivity index (χ2v) is 18.2. The number of esters is 1. The van der Waals surface area contributed by atoms with E-state index in [9.17, 15) is 30.3 Å². The van der Waals surface area contributed by atoms with Gasteiger partial charge in [-0.2, -0.15) is 0 Å². The van der Waals surface area contributed by atoms with Gasteiger partial charge in [-0.3, -0.25) is 9.69 Å². The molecule has 354 valence electrons. The summed E-state index contributed by atoms with van der Waals surface area (Å²) in [6, 6.07) is -0.404. The molecule has 0 aromatic heterocycles. The number of cyclic esters (lactones) is 1. The lowest BCUT2D eigenvalue weighted by Crippen LogP contribution is -2.61. The molecular weight excluding hydrogens is 796 g/mol. The van der Waals surface area contributed by atoms with Gasteiger partial charge in [-0.1, -0.05) is 32.9 Å². The standard InChI is InChI=1S/C44H78N2O15/c1-15-17-18-46(12)31-21-26(4)57-41(35(31)47)61-39-28(6)36(60-33-23-43(10,54-14)38(49)30(8)58-33)29(7)40(50)59-32(16-2)44(11,52)37(48)27(5)34(25(3)22-42(39,9)51)45-56-24-55-20-19-53-13/h1,25-33,35-39,41,47-49,51-52H,16-24H2,2-14H3/b45-34+/t25-,26-,27+,28+,29-,30+,31+,32-,33+,35-,36?,37-,38+,39-,41+,42-,43-,44-/m1/s1. The molecule has 3 saturated heterocycles. The summed E-state index contributed by atoms with van der Waals surface area (Å²) in [5.41, 5.74) is -4.56. The molecule has 5 N–H and O–H groups in total. The van der Waals surface area contributed by atoms with Crippen LogP contribution in [0, 0.1) is 36.0 Å². The summed E-state index contributed by atoms with van der Waals surface area (Å²) >= 11 is 0. The number of methoxy groups -OCH3 is 2. The maximum atomic E-state index is 14.4. The van der Waals surface area contributed by atoms with E-state index in [-0.39, 0.29) is 44.5 Å².